The highest BCUT2D eigenvalue weighted by molar-refractivity contribution is 5.93. The molecule has 1 aliphatic rings. The first-order valence-corrected chi connectivity index (χ1v) is 8.56. The first-order chi connectivity index (χ1) is 11.5. The molecule has 0 saturated heterocycles. The van der Waals surface area contributed by atoms with Gasteiger partial charge in [-0.3, -0.25) is 4.79 Å². The molecule has 0 spiro atoms. The maximum absolute atomic E-state index is 12.6. The first-order valence-electron chi connectivity index (χ1n) is 8.56. The summed E-state index contributed by atoms with van der Waals surface area (Å²) in [6.07, 6.45) is 3.96. The number of hydrogen-bond donors (Lipinski definition) is 3. The molecular weight excluding hydrogens is 298 g/mol. The molecule has 2 unspecified atom stereocenters. The second-order valence-electron chi connectivity index (χ2n) is 6.86. The summed E-state index contributed by atoms with van der Waals surface area (Å²) in [6, 6.07) is 17.8. The minimum absolute atomic E-state index is 0.0310. The van der Waals surface area contributed by atoms with Crippen molar-refractivity contribution in [3.63, 3.8) is 0 Å². The standard InChI is InChI=1S/C20H25N3O/c1-20(21)14-6-5-9-18(20)19(24)23-17-12-10-16(11-13-17)22-15-7-3-2-4-8-15/h2-4,7-8,10-13,18,22H,5-6,9,14,21H2,1H3,(H,23,24). The van der Waals surface area contributed by atoms with Gasteiger partial charge in [0, 0.05) is 22.6 Å². The lowest BCUT2D eigenvalue weighted by Crippen LogP contribution is -2.51. The van der Waals surface area contributed by atoms with Crippen molar-refractivity contribution in [2.75, 3.05) is 10.6 Å². The number of nitrogens with one attached hydrogen (secondary N) is 2. The van der Waals surface area contributed by atoms with Crippen LogP contribution in [0.3, 0.4) is 0 Å². The van der Waals surface area contributed by atoms with Gasteiger partial charge in [0.05, 0.1) is 5.92 Å². The lowest BCUT2D eigenvalue weighted by molar-refractivity contribution is -0.122. The lowest BCUT2D eigenvalue weighted by atomic mass is 9.74. The molecule has 0 aliphatic heterocycles. The van der Waals surface area contributed by atoms with Gasteiger partial charge in [0.15, 0.2) is 0 Å². The van der Waals surface area contributed by atoms with Gasteiger partial charge in [-0.25, -0.2) is 0 Å². The summed E-state index contributed by atoms with van der Waals surface area (Å²) >= 11 is 0. The SMILES string of the molecule is CC1(N)CCCCC1C(=O)Nc1ccc(Nc2ccccc2)cc1. The van der Waals surface area contributed by atoms with Crippen LogP contribution in [0.25, 0.3) is 0 Å². The number of amides is 1. The minimum atomic E-state index is -0.406. The van der Waals surface area contributed by atoms with E-state index in [9.17, 15) is 4.79 Å². The predicted molar refractivity (Wildman–Crippen MR) is 99.3 cm³/mol. The maximum Gasteiger partial charge on any atom is 0.229 e. The van der Waals surface area contributed by atoms with Crippen LogP contribution < -0.4 is 16.4 Å². The Labute approximate surface area is 143 Å². The van der Waals surface area contributed by atoms with Gasteiger partial charge in [-0.15, -0.1) is 0 Å². The Hall–Kier alpha value is -2.33. The molecular formula is C20H25N3O. The molecule has 24 heavy (non-hydrogen) atoms. The Morgan fingerprint density at radius 3 is 2.29 bits per heavy atom. The van der Waals surface area contributed by atoms with Crippen molar-refractivity contribution in [1.29, 1.82) is 0 Å². The summed E-state index contributed by atoms with van der Waals surface area (Å²) in [4.78, 5) is 12.6. The Bertz CT molecular complexity index is 680. The van der Waals surface area contributed by atoms with Crippen molar-refractivity contribution >= 4 is 23.0 Å². The topological polar surface area (TPSA) is 67.2 Å². The summed E-state index contributed by atoms with van der Waals surface area (Å²) < 4.78 is 0. The fraction of sp³-hybridized carbons (Fsp3) is 0.350. The summed E-state index contributed by atoms with van der Waals surface area (Å²) in [7, 11) is 0. The molecule has 4 N–H and O–H groups in total. The van der Waals surface area contributed by atoms with Crippen LogP contribution in [0.2, 0.25) is 0 Å². The van der Waals surface area contributed by atoms with Crippen LogP contribution in [0.15, 0.2) is 54.6 Å². The van der Waals surface area contributed by atoms with Crippen molar-refractivity contribution in [2.45, 2.75) is 38.1 Å². The van der Waals surface area contributed by atoms with Crippen LogP contribution in [0.4, 0.5) is 17.1 Å². The highest BCUT2D eigenvalue weighted by Crippen LogP contribution is 2.32. The monoisotopic (exact) mass is 323 g/mol. The number of carbonyl (C=O) groups is 1. The highest BCUT2D eigenvalue weighted by Gasteiger charge is 2.37. The van der Waals surface area contributed by atoms with Gasteiger partial charge in [0.1, 0.15) is 0 Å². The zero-order valence-electron chi connectivity index (χ0n) is 14.1. The summed E-state index contributed by atoms with van der Waals surface area (Å²) in [5.74, 6) is -0.0863. The third-order valence-corrected chi connectivity index (χ3v) is 4.79. The maximum atomic E-state index is 12.6. The molecule has 2 aromatic carbocycles. The molecule has 0 aromatic heterocycles. The quantitative estimate of drug-likeness (QED) is 0.787. The number of para-hydroxylation sites is 1. The van der Waals surface area contributed by atoms with Crippen molar-refractivity contribution in [1.82, 2.24) is 0 Å². The van der Waals surface area contributed by atoms with Crippen LogP contribution in [0.5, 0.6) is 0 Å². The molecule has 1 aliphatic carbocycles. The van der Waals surface area contributed by atoms with Gasteiger partial charge >= 0.3 is 0 Å². The summed E-state index contributed by atoms with van der Waals surface area (Å²) in [5.41, 5.74) is 8.74. The van der Waals surface area contributed by atoms with E-state index in [-0.39, 0.29) is 11.8 Å². The van der Waals surface area contributed by atoms with E-state index in [1.807, 2.05) is 61.5 Å². The fourth-order valence-electron chi connectivity index (χ4n) is 3.34. The predicted octanol–water partition coefficient (Wildman–Crippen LogP) is 4.28. The number of nitrogens with two attached hydrogens (primary N) is 1. The van der Waals surface area contributed by atoms with Crippen LogP contribution >= 0.6 is 0 Å². The number of anilines is 3. The largest absolute Gasteiger partial charge is 0.356 e. The second kappa shape index (κ2) is 7.05. The molecule has 2 atom stereocenters. The fourth-order valence-corrected chi connectivity index (χ4v) is 3.34. The van der Waals surface area contributed by atoms with Crippen molar-refractivity contribution < 1.29 is 4.79 Å². The highest BCUT2D eigenvalue weighted by atomic mass is 16.1. The molecule has 4 heteroatoms. The third-order valence-electron chi connectivity index (χ3n) is 4.79. The van der Waals surface area contributed by atoms with E-state index in [1.54, 1.807) is 0 Å². The smallest absolute Gasteiger partial charge is 0.229 e. The second-order valence-corrected chi connectivity index (χ2v) is 6.86. The number of benzene rings is 2. The van der Waals surface area contributed by atoms with Gasteiger partial charge in [0.2, 0.25) is 5.91 Å². The molecule has 0 heterocycles. The van der Waals surface area contributed by atoms with Crippen molar-refractivity contribution in [3.05, 3.63) is 54.6 Å². The average Bonchev–Trinajstić information content (AvgIpc) is 2.57. The molecule has 0 bridgehead atoms. The van der Waals surface area contributed by atoms with Crippen LogP contribution in [0.1, 0.15) is 32.6 Å². The molecule has 2 aromatic rings. The van der Waals surface area contributed by atoms with E-state index in [1.165, 1.54) is 0 Å². The molecule has 1 fully saturated rings. The van der Waals surface area contributed by atoms with Crippen LogP contribution in [0, 0.1) is 5.92 Å². The summed E-state index contributed by atoms with van der Waals surface area (Å²) in [6.45, 7) is 1.99. The van der Waals surface area contributed by atoms with E-state index >= 15 is 0 Å². The molecule has 3 rings (SSSR count). The van der Waals surface area contributed by atoms with Gasteiger partial charge in [-0.2, -0.15) is 0 Å². The van der Waals surface area contributed by atoms with E-state index in [0.717, 1.165) is 42.7 Å². The third kappa shape index (κ3) is 3.95. The van der Waals surface area contributed by atoms with Gasteiger partial charge in [0.25, 0.3) is 0 Å². The average molecular weight is 323 g/mol. The van der Waals surface area contributed by atoms with E-state index in [4.69, 9.17) is 5.73 Å². The number of rotatable bonds is 4. The van der Waals surface area contributed by atoms with Crippen LogP contribution in [-0.2, 0) is 4.79 Å². The van der Waals surface area contributed by atoms with Crippen molar-refractivity contribution in [2.24, 2.45) is 11.7 Å². The first kappa shape index (κ1) is 16.5. The Kier molecular flexibility index (Phi) is 4.86. The zero-order valence-corrected chi connectivity index (χ0v) is 14.1. The Morgan fingerprint density at radius 2 is 1.62 bits per heavy atom. The Balaban J connectivity index is 1.62. The van der Waals surface area contributed by atoms with Gasteiger partial charge in [-0.1, -0.05) is 31.0 Å². The van der Waals surface area contributed by atoms with E-state index in [0.29, 0.717) is 0 Å². The van der Waals surface area contributed by atoms with Crippen LogP contribution in [-0.4, -0.2) is 11.4 Å². The molecule has 1 amide bonds. The van der Waals surface area contributed by atoms with Crippen molar-refractivity contribution in [3.8, 4) is 0 Å². The summed E-state index contributed by atoms with van der Waals surface area (Å²) in [5, 5.41) is 6.34. The van der Waals surface area contributed by atoms with E-state index < -0.39 is 5.54 Å². The molecule has 126 valence electrons. The number of hydrogen-bond acceptors (Lipinski definition) is 3. The molecule has 1 saturated carbocycles. The lowest BCUT2D eigenvalue weighted by Gasteiger charge is -2.37. The van der Waals surface area contributed by atoms with Gasteiger partial charge in [-0.05, 0) is 56.2 Å². The zero-order chi connectivity index (χ0) is 17.0. The molecule has 4 nitrogen and oxygen atoms in total. The number of carbonyl (C=O) groups excluding carboxylic acids is 1. The van der Waals surface area contributed by atoms with Gasteiger partial charge < -0.3 is 16.4 Å². The normalized spacial score (nSPS) is 23.5. The van der Waals surface area contributed by atoms with E-state index in [2.05, 4.69) is 10.6 Å². The Morgan fingerprint density at radius 1 is 1.00 bits per heavy atom. The minimum Gasteiger partial charge on any atom is -0.356 e. The molecule has 0 radical (unpaired) electrons.